The van der Waals surface area contributed by atoms with Crippen molar-refractivity contribution in [2.24, 2.45) is 0 Å². The van der Waals surface area contributed by atoms with Crippen molar-refractivity contribution in [1.82, 2.24) is 25.1 Å². The predicted molar refractivity (Wildman–Crippen MR) is 154 cm³/mol. The zero-order valence-electron chi connectivity index (χ0n) is 24.3. The van der Waals surface area contributed by atoms with Gasteiger partial charge in [0.2, 0.25) is 17.3 Å². The van der Waals surface area contributed by atoms with E-state index in [9.17, 15) is 35.9 Å². The average molecular weight is 667 g/mol. The van der Waals surface area contributed by atoms with E-state index in [-0.39, 0.29) is 45.8 Å². The number of carbonyl (C=O) groups excluding carboxylic acids is 1. The van der Waals surface area contributed by atoms with Crippen molar-refractivity contribution in [2.45, 2.75) is 45.2 Å². The number of hydrogen-bond donors (Lipinski definition) is 3. The SMILES string of the molecule is CCc1c(N2CCNC[C@@H]2C)c(=O)c2nc(N(C)C)nnc2n1CC(=O)Nc1ccc(C(F)(F)F)cc1Cl.O=C(O)C(F)(F)F. The second-order valence-corrected chi connectivity index (χ2v) is 10.4. The van der Waals surface area contributed by atoms with Gasteiger partial charge in [0, 0.05) is 45.5 Å². The molecule has 1 saturated heterocycles. The van der Waals surface area contributed by atoms with E-state index in [1.807, 2.05) is 18.7 Å². The van der Waals surface area contributed by atoms with Crippen molar-refractivity contribution < 1.29 is 41.0 Å². The van der Waals surface area contributed by atoms with Crippen LogP contribution in [0.1, 0.15) is 25.1 Å². The summed E-state index contributed by atoms with van der Waals surface area (Å²) in [5, 5.41) is 21.1. The summed E-state index contributed by atoms with van der Waals surface area (Å²) < 4.78 is 72.3. The summed E-state index contributed by atoms with van der Waals surface area (Å²) in [6.45, 7) is 5.53. The third-order valence-corrected chi connectivity index (χ3v) is 6.89. The first kappa shape index (κ1) is 35.3. The van der Waals surface area contributed by atoms with Crippen LogP contribution in [-0.4, -0.2) is 82.7 Å². The van der Waals surface area contributed by atoms with Gasteiger partial charge in [-0.25, -0.2) is 9.78 Å². The van der Waals surface area contributed by atoms with Gasteiger partial charge in [-0.15, -0.1) is 10.2 Å². The number of fused-ring (bicyclic) bond motifs is 1. The molecule has 3 heterocycles. The quantitative estimate of drug-likeness (QED) is 0.334. The fourth-order valence-electron chi connectivity index (χ4n) is 4.46. The molecule has 1 amide bonds. The molecule has 2 aromatic heterocycles. The number of aliphatic carboxylic acids is 1. The number of rotatable bonds is 6. The second kappa shape index (κ2) is 13.8. The molecule has 3 aromatic rings. The molecule has 246 valence electrons. The summed E-state index contributed by atoms with van der Waals surface area (Å²) in [7, 11) is 3.45. The molecule has 1 atom stereocenters. The molecule has 1 aliphatic rings. The molecule has 4 rings (SSSR count). The number of carboxylic acids is 1. The van der Waals surface area contributed by atoms with E-state index in [0.717, 1.165) is 18.2 Å². The summed E-state index contributed by atoms with van der Waals surface area (Å²) in [4.78, 5) is 43.9. The molecule has 0 unspecified atom stereocenters. The number of amides is 1. The Morgan fingerprint density at radius 2 is 1.82 bits per heavy atom. The fraction of sp³-hybridized carbons (Fsp3) is 0.462. The van der Waals surface area contributed by atoms with Crippen LogP contribution in [0.25, 0.3) is 11.2 Å². The summed E-state index contributed by atoms with van der Waals surface area (Å²) in [5.41, 5.74) is 0.0417. The van der Waals surface area contributed by atoms with Gasteiger partial charge >= 0.3 is 18.3 Å². The Morgan fingerprint density at radius 1 is 1.18 bits per heavy atom. The number of carboxylic acid groups (broad SMARTS) is 1. The lowest BCUT2D eigenvalue weighted by atomic mass is 10.1. The number of carbonyl (C=O) groups is 2. The van der Waals surface area contributed by atoms with Gasteiger partial charge in [0.15, 0.2) is 11.2 Å². The normalized spacial score (nSPS) is 15.4. The Balaban J connectivity index is 0.000000707. The summed E-state index contributed by atoms with van der Waals surface area (Å²) >= 11 is 6.03. The third-order valence-electron chi connectivity index (χ3n) is 6.58. The van der Waals surface area contributed by atoms with Crippen molar-refractivity contribution >= 4 is 52.0 Å². The van der Waals surface area contributed by atoms with Gasteiger partial charge in [0.25, 0.3) is 0 Å². The van der Waals surface area contributed by atoms with Gasteiger partial charge in [-0.1, -0.05) is 18.5 Å². The van der Waals surface area contributed by atoms with Crippen LogP contribution in [0.3, 0.4) is 0 Å². The lowest BCUT2D eigenvalue weighted by Crippen LogP contribution is -2.52. The van der Waals surface area contributed by atoms with Crippen molar-refractivity contribution in [2.75, 3.05) is 48.8 Å². The van der Waals surface area contributed by atoms with Crippen LogP contribution in [-0.2, 0) is 28.7 Å². The summed E-state index contributed by atoms with van der Waals surface area (Å²) in [6.07, 6.45) is -9.24. The molecular formula is C26H29ClF6N8O4. The fourth-order valence-corrected chi connectivity index (χ4v) is 4.69. The first-order valence-electron chi connectivity index (χ1n) is 13.3. The molecule has 19 heteroatoms. The topological polar surface area (TPSA) is 146 Å². The number of nitrogens with one attached hydrogen (secondary N) is 2. The zero-order valence-corrected chi connectivity index (χ0v) is 25.1. The van der Waals surface area contributed by atoms with E-state index in [1.54, 1.807) is 23.6 Å². The minimum Gasteiger partial charge on any atom is -0.475 e. The molecule has 0 aliphatic carbocycles. The number of anilines is 3. The van der Waals surface area contributed by atoms with Crippen LogP contribution >= 0.6 is 11.6 Å². The lowest BCUT2D eigenvalue weighted by molar-refractivity contribution is -0.192. The number of hydrogen-bond acceptors (Lipinski definition) is 9. The highest BCUT2D eigenvalue weighted by molar-refractivity contribution is 6.33. The van der Waals surface area contributed by atoms with E-state index in [0.29, 0.717) is 37.4 Å². The van der Waals surface area contributed by atoms with Crippen LogP contribution in [0, 0.1) is 0 Å². The van der Waals surface area contributed by atoms with Crippen molar-refractivity contribution in [3.8, 4) is 0 Å². The van der Waals surface area contributed by atoms with Gasteiger partial charge in [0.05, 0.1) is 16.3 Å². The smallest absolute Gasteiger partial charge is 0.475 e. The summed E-state index contributed by atoms with van der Waals surface area (Å²) in [5.74, 6) is -3.08. The molecule has 0 saturated carbocycles. The highest BCUT2D eigenvalue weighted by Crippen LogP contribution is 2.34. The van der Waals surface area contributed by atoms with E-state index < -0.39 is 29.8 Å². The van der Waals surface area contributed by atoms with Crippen molar-refractivity contribution in [3.05, 3.63) is 44.7 Å². The van der Waals surface area contributed by atoms with E-state index in [2.05, 4.69) is 25.8 Å². The monoisotopic (exact) mass is 666 g/mol. The Labute approximate surface area is 257 Å². The molecule has 1 aliphatic heterocycles. The van der Waals surface area contributed by atoms with E-state index in [4.69, 9.17) is 21.5 Å². The maximum atomic E-state index is 13.8. The number of benzene rings is 1. The van der Waals surface area contributed by atoms with Gasteiger partial charge < -0.3 is 30.1 Å². The highest BCUT2D eigenvalue weighted by atomic mass is 35.5. The minimum absolute atomic E-state index is 0.00976. The molecule has 0 bridgehead atoms. The molecule has 1 fully saturated rings. The van der Waals surface area contributed by atoms with Crippen LogP contribution in [0.2, 0.25) is 5.02 Å². The number of aromatic nitrogens is 4. The Bertz CT molecular complexity index is 1630. The second-order valence-electron chi connectivity index (χ2n) is 10.0. The van der Waals surface area contributed by atoms with Gasteiger partial charge in [-0.05, 0) is 31.5 Å². The van der Waals surface area contributed by atoms with Crippen molar-refractivity contribution in [1.29, 1.82) is 0 Å². The Hall–Kier alpha value is -4.19. The summed E-state index contributed by atoms with van der Waals surface area (Å²) in [6, 6.07) is 2.71. The van der Waals surface area contributed by atoms with Crippen LogP contribution in [0.15, 0.2) is 23.0 Å². The zero-order chi connectivity index (χ0) is 33.9. The first-order valence-corrected chi connectivity index (χ1v) is 13.7. The predicted octanol–water partition coefficient (Wildman–Crippen LogP) is 3.56. The largest absolute Gasteiger partial charge is 0.490 e. The van der Waals surface area contributed by atoms with Crippen molar-refractivity contribution in [3.63, 3.8) is 0 Å². The maximum Gasteiger partial charge on any atom is 0.490 e. The average Bonchev–Trinajstić information content (AvgIpc) is 2.95. The van der Waals surface area contributed by atoms with E-state index in [1.165, 1.54) is 0 Å². The Morgan fingerprint density at radius 3 is 2.33 bits per heavy atom. The third kappa shape index (κ3) is 8.30. The highest BCUT2D eigenvalue weighted by Gasteiger charge is 2.38. The standard InChI is InChI=1S/C24H28ClF3N8O2.C2HF3O2/c1-5-17-20(35-9-8-29-11-13(35)2)21(38)19-22(32-33-23(31-19)34(3)4)36(17)12-18(37)30-16-7-6-14(10-15(16)25)24(26,27)28;3-2(4,5)1(6)7/h6-7,10,13,29H,5,8-9,11-12H2,1-4H3,(H,30,37);(H,6,7)/t13-;/m0./s1. The van der Waals surface area contributed by atoms with Gasteiger partial charge in [0.1, 0.15) is 12.2 Å². The minimum atomic E-state index is -5.08. The molecule has 1 aromatic carbocycles. The van der Waals surface area contributed by atoms with Gasteiger partial charge in [-0.2, -0.15) is 26.3 Å². The Kier molecular flexibility index (Phi) is 10.9. The van der Waals surface area contributed by atoms with E-state index >= 15 is 0 Å². The molecule has 0 radical (unpaired) electrons. The first-order chi connectivity index (χ1) is 20.9. The molecule has 0 spiro atoms. The maximum absolute atomic E-state index is 13.8. The number of alkyl halides is 6. The molecular weight excluding hydrogens is 638 g/mol. The number of nitrogens with zero attached hydrogens (tertiary/aromatic N) is 6. The van der Waals surface area contributed by atoms with Gasteiger partial charge in [-0.3, -0.25) is 9.59 Å². The number of pyridine rings is 1. The molecule has 3 N–H and O–H groups in total. The van der Waals surface area contributed by atoms with Crippen LogP contribution in [0.5, 0.6) is 0 Å². The molecule has 12 nitrogen and oxygen atoms in total. The lowest BCUT2D eigenvalue weighted by Gasteiger charge is -2.37. The number of halogens is 7. The van der Waals surface area contributed by atoms with Crippen LogP contribution in [0.4, 0.5) is 43.7 Å². The molecule has 45 heavy (non-hydrogen) atoms. The van der Waals surface area contributed by atoms with Crippen LogP contribution < -0.4 is 25.9 Å². The number of piperazine rings is 1.